The van der Waals surface area contributed by atoms with E-state index in [-0.39, 0.29) is 11.9 Å². The van der Waals surface area contributed by atoms with E-state index in [1.807, 2.05) is 6.07 Å². The molecule has 0 amide bonds. The zero-order valence-corrected chi connectivity index (χ0v) is 8.77. The molecule has 1 nitrogen and oxygen atoms in total. The molecular formula is C11H14FNS. The minimum atomic E-state index is -0.202. The molecule has 2 N–H and O–H groups in total. The van der Waals surface area contributed by atoms with Crippen LogP contribution in [-0.2, 0) is 0 Å². The Morgan fingerprint density at radius 1 is 1.57 bits per heavy atom. The molecular weight excluding hydrogens is 197 g/mol. The van der Waals surface area contributed by atoms with Gasteiger partial charge in [-0.1, -0.05) is 12.1 Å². The minimum absolute atomic E-state index is 0.0979. The maximum atomic E-state index is 12.8. The normalized spacial score (nSPS) is 12.4. The van der Waals surface area contributed by atoms with E-state index in [4.69, 9.17) is 5.73 Å². The molecule has 1 atom stereocenters. The molecule has 1 rings (SSSR count). The molecule has 0 saturated carbocycles. The summed E-state index contributed by atoms with van der Waals surface area (Å²) < 4.78 is 12.8. The number of rotatable bonds is 5. The second-order valence-electron chi connectivity index (χ2n) is 3.05. The molecule has 1 aromatic carbocycles. The average molecular weight is 211 g/mol. The molecule has 0 aliphatic heterocycles. The van der Waals surface area contributed by atoms with E-state index < -0.39 is 0 Å². The third kappa shape index (κ3) is 3.94. The highest BCUT2D eigenvalue weighted by molar-refractivity contribution is 7.99. The summed E-state index contributed by atoms with van der Waals surface area (Å²) in [7, 11) is 0. The lowest BCUT2D eigenvalue weighted by atomic mass is 10.2. The number of hydrogen-bond donors (Lipinski definition) is 1. The Labute approximate surface area is 88.2 Å². The van der Waals surface area contributed by atoms with Crippen LogP contribution < -0.4 is 5.73 Å². The van der Waals surface area contributed by atoms with Gasteiger partial charge >= 0.3 is 0 Å². The van der Waals surface area contributed by atoms with E-state index in [9.17, 15) is 4.39 Å². The molecule has 0 saturated heterocycles. The van der Waals surface area contributed by atoms with Crippen LogP contribution in [0.4, 0.5) is 4.39 Å². The van der Waals surface area contributed by atoms with Crippen molar-refractivity contribution in [3.63, 3.8) is 0 Å². The van der Waals surface area contributed by atoms with Crippen molar-refractivity contribution in [3.05, 3.63) is 42.7 Å². The maximum absolute atomic E-state index is 12.8. The van der Waals surface area contributed by atoms with Gasteiger partial charge in [-0.3, -0.25) is 0 Å². The highest BCUT2D eigenvalue weighted by Gasteiger charge is 2.01. The van der Waals surface area contributed by atoms with Gasteiger partial charge in [0.1, 0.15) is 5.82 Å². The first-order chi connectivity index (χ1) is 6.72. The predicted molar refractivity (Wildman–Crippen MR) is 59.9 cm³/mol. The Kier molecular flexibility index (Phi) is 4.70. The Hall–Kier alpha value is -0.800. The van der Waals surface area contributed by atoms with E-state index in [0.717, 1.165) is 17.1 Å². The SMILES string of the molecule is C=CCC(N)CSc1cccc(F)c1. The molecule has 0 aliphatic carbocycles. The molecule has 1 aromatic rings. The van der Waals surface area contributed by atoms with Gasteiger partial charge in [0.05, 0.1) is 0 Å². The predicted octanol–water partition coefficient (Wildman–Crippen LogP) is 2.82. The van der Waals surface area contributed by atoms with Gasteiger partial charge in [-0.25, -0.2) is 4.39 Å². The Balaban J connectivity index is 2.41. The summed E-state index contributed by atoms with van der Waals surface area (Å²) in [5, 5.41) is 0. The van der Waals surface area contributed by atoms with Crippen molar-refractivity contribution in [3.8, 4) is 0 Å². The fourth-order valence-electron chi connectivity index (χ4n) is 1.04. The molecule has 0 radical (unpaired) electrons. The van der Waals surface area contributed by atoms with Gasteiger partial charge in [0.25, 0.3) is 0 Å². The van der Waals surface area contributed by atoms with Gasteiger partial charge in [0.15, 0.2) is 0 Å². The Morgan fingerprint density at radius 2 is 2.36 bits per heavy atom. The smallest absolute Gasteiger partial charge is 0.124 e. The molecule has 0 bridgehead atoms. The van der Waals surface area contributed by atoms with Crippen LogP contribution in [0.15, 0.2) is 41.8 Å². The summed E-state index contributed by atoms with van der Waals surface area (Å²) in [4.78, 5) is 0.921. The zero-order valence-electron chi connectivity index (χ0n) is 7.95. The lowest BCUT2D eigenvalue weighted by Gasteiger charge is -2.07. The van der Waals surface area contributed by atoms with Crippen molar-refractivity contribution in [2.45, 2.75) is 17.4 Å². The number of nitrogens with two attached hydrogens (primary N) is 1. The number of halogens is 1. The summed E-state index contributed by atoms with van der Waals surface area (Å²) in [6.07, 6.45) is 2.60. The van der Waals surface area contributed by atoms with Crippen LogP contribution in [-0.4, -0.2) is 11.8 Å². The molecule has 76 valence electrons. The van der Waals surface area contributed by atoms with Crippen molar-refractivity contribution >= 4 is 11.8 Å². The molecule has 0 aliphatic rings. The fourth-order valence-corrected chi connectivity index (χ4v) is 1.96. The standard InChI is InChI=1S/C11H14FNS/c1-2-4-10(13)8-14-11-6-3-5-9(12)7-11/h2-3,5-7,10H,1,4,8,13H2. The molecule has 0 aromatic heterocycles. The topological polar surface area (TPSA) is 26.0 Å². The second kappa shape index (κ2) is 5.83. The Bertz CT molecular complexity index is 301. The maximum Gasteiger partial charge on any atom is 0.124 e. The molecule has 3 heteroatoms. The summed E-state index contributed by atoms with van der Waals surface area (Å²) in [6, 6.07) is 6.64. The first kappa shape index (κ1) is 11.3. The first-order valence-electron chi connectivity index (χ1n) is 4.47. The zero-order chi connectivity index (χ0) is 10.4. The van der Waals surface area contributed by atoms with Gasteiger partial charge in [0.2, 0.25) is 0 Å². The van der Waals surface area contributed by atoms with Crippen LogP contribution in [0, 0.1) is 5.82 Å². The summed E-state index contributed by atoms with van der Waals surface area (Å²) >= 11 is 1.57. The largest absolute Gasteiger partial charge is 0.327 e. The number of thioether (sulfide) groups is 1. The van der Waals surface area contributed by atoms with Gasteiger partial charge < -0.3 is 5.73 Å². The molecule has 0 fully saturated rings. The monoisotopic (exact) mass is 211 g/mol. The molecule has 0 spiro atoms. The number of benzene rings is 1. The van der Waals surface area contributed by atoms with Crippen molar-refractivity contribution < 1.29 is 4.39 Å². The lowest BCUT2D eigenvalue weighted by Crippen LogP contribution is -2.21. The van der Waals surface area contributed by atoms with Gasteiger partial charge in [-0.15, -0.1) is 18.3 Å². The minimum Gasteiger partial charge on any atom is -0.327 e. The van der Waals surface area contributed by atoms with Crippen molar-refractivity contribution in [2.75, 3.05) is 5.75 Å². The lowest BCUT2D eigenvalue weighted by molar-refractivity contribution is 0.624. The highest BCUT2D eigenvalue weighted by Crippen LogP contribution is 2.19. The molecule has 14 heavy (non-hydrogen) atoms. The molecule has 0 heterocycles. The van der Waals surface area contributed by atoms with Gasteiger partial charge in [-0.2, -0.15) is 0 Å². The van der Waals surface area contributed by atoms with Crippen LogP contribution in [0.1, 0.15) is 6.42 Å². The van der Waals surface area contributed by atoms with Gasteiger partial charge in [0, 0.05) is 16.7 Å². The van der Waals surface area contributed by atoms with E-state index in [2.05, 4.69) is 6.58 Å². The van der Waals surface area contributed by atoms with E-state index in [0.29, 0.717) is 0 Å². The first-order valence-corrected chi connectivity index (χ1v) is 5.46. The highest BCUT2D eigenvalue weighted by atomic mass is 32.2. The number of hydrogen-bond acceptors (Lipinski definition) is 2. The summed E-state index contributed by atoms with van der Waals surface area (Å²) in [6.45, 7) is 3.62. The van der Waals surface area contributed by atoms with Crippen LogP contribution >= 0.6 is 11.8 Å². The fraction of sp³-hybridized carbons (Fsp3) is 0.273. The molecule has 1 unspecified atom stereocenters. The third-order valence-electron chi connectivity index (χ3n) is 1.73. The Morgan fingerprint density at radius 3 is 3.00 bits per heavy atom. The third-order valence-corrected chi connectivity index (χ3v) is 2.91. The van der Waals surface area contributed by atoms with Gasteiger partial charge in [-0.05, 0) is 24.6 Å². The average Bonchev–Trinajstić information content (AvgIpc) is 2.15. The van der Waals surface area contributed by atoms with Crippen LogP contribution in [0.2, 0.25) is 0 Å². The van der Waals surface area contributed by atoms with Crippen molar-refractivity contribution in [1.82, 2.24) is 0 Å². The van der Waals surface area contributed by atoms with Crippen LogP contribution in [0.5, 0.6) is 0 Å². The van der Waals surface area contributed by atoms with Crippen LogP contribution in [0.3, 0.4) is 0 Å². The van der Waals surface area contributed by atoms with Crippen molar-refractivity contribution in [2.24, 2.45) is 5.73 Å². The van der Waals surface area contributed by atoms with E-state index in [1.54, 1.807) is 23.9 Å². The van der Waals surface area contributed by atoms with Crippen molar-refractivity contribution in [1.29, 1.82) is 0 Å². The summed E-state index contributed by atoms with van der Waals surface area (Å²) in [5.74, 6) is 0.586. The summed E-state index contributed by atoms with van der Waals surface area (Å²) in [5.41, 5.74) is 5.78. The second-order valence-corrected chi connectivity index (χ2v) is 4.15. The van der Waals surface area contributed by atoms with E-state index in [1.165, 1.54) is 12.1 Å². The van der Waals surface area contributed by atoms with Crippen LogP contribution in [0.25, 0.3) is 0 Å². The van der Waals surface area contributed by atoms with E-state index >= 15 is 0 Å². The quantitative estimate of drug-likeness (QED) is 0.598.